The normalized spacial score (nSPS) is 18.1. The fraction of sp³-hybridized carbons (Fsp3) is 0.538. The molecule has 1 aliphatic carbocycles. The van der Waals surface area contributed by atoms with Crippen molar-refractivity contribution >= 4 is 5.52 Å². The summed E-state index contributed by atoms with van der Waals surface area (Å²) in [4.78, 5) is 8.91. The number of hydrogen-bond acceptors (Lipinski definition) is 2. The van der Waals surface area contributed by atoms with Crippen LogP contribution in [-0.4, -0.2) is 14.4 Å². The molecule has 0 aromatic carbocycles. The Bertz CT molecular complexity index is 495. The Morgan fingerprint density at radius 3 is 2.81 bits per heavy atom. The van der Waals surface area contributed by atoms with Crippen molar-refractivity contribution in [3.05, 3.63) is 30.1 Å². The molecule has 0 bridgehead atoms. The number of nitrogens with zero attached hydrogens (tertiary/aromatic N) is 3. The first-order valence-electron chi connectivity index (χ1n) is 6.15. The van der Waals surface area contributed by atoms with Gasteiger partial charge >= 0.3 is 0 Å². The highest BCUT2D eigenvalue weighted by Gasteiger charge is 2.19. The summed E-state index contributed by atoms with van der Waals surface area (Å²) >= 11 is 0. The maximum atomic E-state index is 4.60. The summed E-state index contributed by atoms with van der Waals surface area (Å²) in [6.45, 7) is 2.04. The molecule has 1 saturated carbocycles. The first-order valence-corrected chi connectivity index (χ1v) is 6.15. The largest absolute Gasteiger partial charge is 0.300 e. The van der Waals surface area contributed by atoms with E-state index in [9.17, 15) is 0 Å². The third-order valence-electron chi connectivity index (χ3n) is 3.65. The summed E-state index contributed by atoms with van der Waals surface area (Å²) in [6.07, 6.45) is 12.6. The highest BCUT2D eigenvalue weighted by Crippen LogP contribution is 2.32. The lowest BCUT2D eigenvalue weighted by Crippen LogP contribution is -2.08. The van der Waals surface area contributed by atoms with E-state index in [1.807, 2.05) is 25.5 Å². The average molecular weight is 215 g/mol. The Morgan fingerprint density at radius 2 is 2.00 bits per heavy atom. The van der Waals surface area contributed by atoms with Crippen molar-refractivity contribution in [2.45, 2.75) is 44.9 Å². The van der Waals surface area contributed by atoms with Gasteiger partial charge in [0, 0.05) is 18.3 Å². The van der Waals surface area contributed by atoms with Gasteiger partial charge in [0.15, 0.2) is 0 Å². The van der Waals surface area contributed by atoms with E-state index in [1.165, 1.54) is 37.9 Å². The Morgan fingerprint density at radius 1 is 1.19 bits per heavy atom. The summed E-state index contributed by atoms with van der Waals surface area (Å²) in [5.74, 6) is 1.89. The van der Waals surface area contributed by atoms with Crippen LogP contribution in [0.25, 0.3) is 5.52 Å². The van der Waals surface area contributed by atoms with Crippen LogP contribution in [0.2, 0.25) is 0 Å². The maximum Gasteiger partial charge on any atom is 0.116 e. The van der Waals surface area contributed by atoms with Crippen LogP contribution in [0, 0.1) is 6.92 Å². The number of rotatable bonds is 1. The minimum Gasteiger partial charge on any atom is -0.300 e. The second-order valence-electron chi connectivity index (χ2n) is 4.72. The molecule has 3 heteroatoms. The lowest BCUT2D eigenvalue weighted by Gasteiger charge is -2.20. The van der Waals surface area contributed by atoms with Crippen molar-refractivity contribution in [1.29, 1.82) is 0 Å². The number of aromatic nitrogens is 3. The fourth-order valence-electron chi connectivity index (χ4n) is 2.74. The lowest BCUT2D eigenvalue weighted by atomic mass is 9.89. The summed E-state index contributed by atoms with van der Waals surface area (Å²) in [6, 6.07) is 0. The zero-order valence-corrected chi connectivity index (χ0v) is 9.69. The molecular weight excluding hydrogens is 198 g/mol. The van der Waals surface area contributed by atoms with Gasteiger partial charge in [0.05, 0.1) is 17.4 Å². The van der Waals surface area contributed by atoms with Crippen LogP contribution in [0.3, 0.4) is 0 Å². The zero-order valence-electron chi connectivity index (χ0n) is 9.69. The van der Waals surface area contributed by atoms with Crippen LogP contribution in [0.1, 0.15) is 49.5 Å². The van der Waals surface area contributed by atoms with Crippen LogP contribution < -0.4 is 0 Å². The quantitative estimate of drug-likeness (QED) is 0.731. The summed E-state index contributed by atoms with van der Waals surface area (Å²) in [5, 5.41) is 0. The second-order valence-corrected chi connectivity index (χ2v) is 4.72. The van der Waals surface area contributed by atoms with Gasteiger partial charge in [-0.05, 0) is 19.8 Å². The molecule has 0 atom stereocenters. The Kier molecular flexibility index (Phi) is 2.39. The summed E-state index contributed by atoms with van der Waals surface area (Å²) in [5.41, 5.74) is 2.22. The molecule has 3 rings (SSSR count). The molecular formula is C13H17N3. The van der Waals surface area contributed by atoms with Gasteiger partial charge in [-0.25, -0.2) is 4.98 Å². The van der Waals surface area contributed by atoms with E-state index in [2.05, 4.69) is 14.4 Å². The summed E-state index contributed by atoms with van der Waals surface area (Å²) in [7, 11) is 0. The van der Waals surface area contributed by atoms with E-state index in [0.717, 1.165) is 11.2 Å². The Hall–Kier alpha value is -1.38. The molecule has 84 valence electrons. The highest BCUT2D eigenvalue weighted by molar-refractivity contribution is 5.50. The van der Waals surface area contributed by atoms with Crippen molar-refractivity contribution in [3.63, 3.8) is 0 Å². The minimum absolute atomic E-state index is 0.651. The first-order chi connectivity index (χ1) is 7.86. The fourth-order valence-corrected chi connectivity index (χ4v) is 2.74. The molecule has 0 saturated heterocycles. The first kappa shape index (κ1) is 9.82. The number of imidazole rings is 1. The highest BCUT2D eigenvalue weighted by atomic mass is 15.0. The van der Waals surface area contributed by atoms with E-state index in [-0.39, 0.29) is 0 Å². The third-order valence-corrected chi connectivity index (χ3v) is 3.65. The van der Waals surface area contributed by atoms with Gasteiger partial charge in [0.25, 0.3) is 0 Å². The van der Waals surface area contributed by atoms with Crippen LogP contribution in [-0.2, 0) is 0 Å². The molecule has 0 N–H and O–H groups in total. The monoisotopic (exact) mass is 215 g/mol. The van der Waals surface area contributed by atoms with Gasteiger partial charge in [-0.3, -0.25) is 4.98 Å². The SMILES string of the molecule is Cc1nccn2c(C3CCCCC3)ncc12. The van der Waals surface area contributed by atoms with E-state index < -0.39 is 0 Å². The molecule has 3 nitrogen and oxygen atoms in total. The maximum absolute atomic E-state index is 4.60. The molecule has 2 heterocycles. The van der Waals surface area contributed by atoms with Gasteiger partial charge < -0.3 is 4.40 Å². The molecule has 0 unspecified atom stereocenters. The van der Waals surface area contributed by atoms with E-state index >= 15 is 0 Å². The molecule has 16 heavy (non-hydrogen) atoms. The van der Waals surface area contributed by atoms with Gasteiger partial charge in [0.1, 0.15) is 5.82 Å². The molecule has 1 aliphatic rings. The predicted molar refractivity (Wildman–Crippen MR) is 63.6 cm³/mol. The van der Waals surface area contributed by atoms with Crippen molar-refractivity contribution in [3.8, 4) is 0 Å². The van der Waals surface area contributed by atoms with E-state index in [0.29, 0.717) is 5.92 Å². The predicted octanol–water partition coefficient (Wildman–Crippen LogP) is 3.09. The van der Waals surface area contributed by atoms with Crippen LogP contribution >= 0.6 is 0 Å². The van der Waals surface area contributed by atoms with Gasteiger partial charge in [0.2, 0.25) is 0 Å². The number of fused-ring (bicyclic) bond motifs is 1. The molecule has 0 spiro atoms. The molecule has 1 fully saturated rings. The van der Waals surface area contributed by atoms with Crippen molar-refractivity contribution in [2.75, 3.05) is 0 Å². The minimum atomic E-state index is 0.651. The average Bonchev–Trinajstić information content (AvgIpc) is 2.75. The molecule has 2 aromatic heterocycles. The summed E-state index contributed by atoms with van der Waals surface area (Å²) < 4.78 is 2.22. The zero-order chi connectivity index (χ0) is 11.0. The molecule has 2 aromatic rings. The molecule has 0 amide bonds. The molecule has 0 radical (unpaired) electrons. The van der Waals surface area contributed by atoms with Gasteiger partial charge in [-0.1, -0.05) is 19.3 Å². The Balaban J connectivity index is 2.06. The van der Waals surface area contributed by atoms with E-state index in [4.69, 9.17) is 0 Å². The third kappa shape index (κ3) is 1.51. The lowest BCUT2D eigenvalue weighted by molar-refractivity contribution is 0.427. The van der Waals surface area contributed by atoms with Crippen LogP contribution in [0.5, 0.6) is 0 Å². The van der Waals surface area contributed by atoms with Crippen molar-refractivity contribution < 1.29 is 0 Å². The second kappa shape index (κ2) is 3.89. The van der Waals surface area contributed by atoms with Gasteiger partial charge in [-0.15, -0.1) is 0 Å². The smallest absolute Gasteiger partial charge is 0.116 e. The molecule has 0 aliphatic heterocycles. The topological polar surface area (TPSA) is 30.2 Å². The van der Waals surface area contributed by atoms with E-state index in [1.54, 1.807) is 0 Å². The van der Waals surface area contributed by atoms with Crippen molar-refractivity contribution in [1.82, 2.24) is 14.4 Å². The van der Waals surface area contributed by atoms with Gasteiger partial charge in [-0.2, -0.15) is 0 Å². The van der Waals surface area contributed by atoms with Crippen LogP contribution in [0.4, 0.5) is 0 Å². The number of hydrogen-bond donors (Lipinski definition) is 0. The number of aryl methyl sites for hydroxylation is 1. The standard InChI is InChI=1S/C13H17N3/c1-10-12-9-15-13(16(12)8-7-14-10)11-5-3-2-4-6-11/h7-9,11H,2-6H2,1H3. The van der Waals surface area contributed by atoms with Crippen molar-refractivity contribution in [2.24, 2.45) is 0 Å². The van der Waals surface area contributed by atoms with Crippen LogP contribution in [0.15, 0.2) is 18.6 Å². The Labute approximate surface area is 95.5 Å².